The van der Waals surface area contributed by atoms with Gasteiger partial charge in [-0.3, -0.25) is 0 Å². The molecule has 4 nitrogen and oxygen atoms in total. The Hall–Kier alpha value is -1.62. The quantitative estimate of drug-likeness (QED) is 0.865. The van der Waals surface area contributed by atoms with Crippen LogP contribution in [0, 0.1) is 6.92 Å². The molecule has 0 saturated carbocycles. The third kappa shape index (κ3) is 2.44. The molecule has 0 saturated heterocycles. The molecule has 1 aromatic heterocycles. The maximum Gasteiger partial charge on any atom is 0.210 e. The molecule has 0 atom stereocenters. The highest BCUT2D eigenvalue weighted by atomic mass is 32.1. The van der Waals surface area contributed by atoms with E-state index in [9.17, 15) is 0 Å². The van der Waals surface area contributed by atoms with Gasteiger partial charge in [-0.25, -0.2) is 0 Å². The van der Waals surface area contributed by atoms with Crippen LogP contribution in [0.4, 0.5) is 10.8 Å². The number of hydrogen-bond donors (Lipinski definition) is 1. The van der Waals surface area contributed by atoms with Crippen LogP contribution in [0.2, 0.25) is 0 Å². The van der Waals surface area contributed by atoms with Gasteiger partial charge in [-0.05, 0) is 19.1 Å². The molecule has 1 N–H and O–H groups in total. The largest absolute Gasteiger partial charge is 0.497 e. The molecule has 1 heterocycles. The van der Waals surface area contributed by atoms with Gasteiger partial charge in [0.1, 0.15) is 10.8 Å². The first kappa shape index (κ1) is 9.92. The molecule has 0 aliphatic heterocycles. The Morgan fingerprint density at radius 3 is 2.87 bits per heavy atom. The van der Waals surface area contributed by atoms with E-state index in [-0.39, 0.29) is 0 Å². The maximum absolute atomic E-state index is 5.13. The summed E-state index contributed by atoms with van der Waals surface area (Å²) in [6.45, 7) is 1.93. The van der Waals surface area contributed by atoms with Gasteiger partial charge < -0.3 is 10.1 Å². The average molecular weight is 221 g/mol. The molecule has 78 valence electrons. The first-order chi connectivity index (χ1) is 7.28. The molecule has 0 aliphatic carbocycles. The Morgan fingerprint density at radius 1 is 1.33 bits per heavy atom. The van der Waals surface area contributed by atoms with Gasteiger partial charge in [0.2, 0.25) is 5.13 Å². The molecule has 1 aromatic carbocycles. The Balaban J connectivity index is 2.16. The van der Waals surface area contributed by atoms with E-state index < -0.39 is 0 Å². The van der Waals surface area contributed by atoms with Crippen molar-refractivity contribution in [2.45, 2.75) is 6.92 Å². The molecule has 2 rings (SSSR count). The van der Waals surface area contributed by atoms with Crippen molar-refractivity contribution in [2.24, 2.45) is 0 Å². The molecule has 0 fully saturated rings. The van der Waals surface area contributed by atoms with E-state index in [1.54, 1.807) is 7.11 Å². The number of benzene rings is 1. The van der Waals surface area contributed by atoms with Crippen molar-refractivity contribution in [3.63, 3.8) is 0 Å². The number of ether oxygens (including phenoxy) is 1. The van der Waals surface area contributed by atoms with E-state index in [1.165, 1.54) is 11.3 Å². The van der Waals surface area contributed by atoms with Gasteiger partial charge in [0.15, 0.2) is 0 Å². The van der Waals surface area contributed by atoms with E-state index in [1.807, 2.05) is 31.2 Å². The Kier molecular flexibility index (Phi) is 2.82. The van der Waals surface area contributed by atoms with Crippen LogP contribution in [-0.4, -0.2) is 17.3 Å². The summed E-state index contributed by atoms with van der Waals surface area (Å²) in [4.78, 5) is 0. The molecule has 15 heavy (non-hydrogen) atoms. The van der Waals surface area contributed by atoms with Crippen molar-refractivity contribution in [3.05, 3.63) is 29.3 Å². The summed E-state index contributed by atoms with van der Waals surface area (Å²) in [7, 11) is 1.65. The van der Waals surface area contributed by atoms with Gasteiger partial charge in [-0.2, -0.15) is 0 Å². The highest BCUT2D eigenvalue weighted by Crippen LogP contribution is 2.23. The summed E-state index contributed by atoms with van der Waals surface area (Å²) >= 11 is 1.52. The van der Waals surface area contributed by atoms with Crippen molar-refractivity contribution in [1.29, 1.82) is 0 Å². The lowest BCUT2D eigenvalue weighted by Crippen LogP contribution is -1.90. The number of hydrogen-bond acceptors (Lipinski definition) is 5. The van der Waals surface area contributed by atoms with Crippen molar-refractivity contribution < 1.29 is 4.74 Å². The number of anilines is 2. The molecule has 0 unspecified atom stereocenters. The van der Waals surface area contributed by atoms with Crippen LogP contribution in [0.5, 0.6) is 5.75 Å². The second kappa shape index (κ2) is 4.27. The van der Waals surface area contributed by atoms with E-state index in [2.05, 4.69) is 15.5 Å². The van der Waals surface area contributed by atoms with Crippen molar-refractivity contribution in [3.8, 4) is 5.75 Å². The van der Waals surface area contributed by atoms with Crippen molar-refractivity contribution >= 4 is 22.2 Å². The first-order valence-electron chi connectivity index (χ1n) is 4.49. The van der Waals surface area contributed by atoms with Gasteiger partial charge >= 0.3 is 0 Å². The molecule has 2 aromatic rings. The average Bonchev–Trinajstić information content (AvgIpc) is 2.64. The second-order valence-corrected chi connectivity index (χ2v) is 4.16. The molecular weight excluding hydrogens is 210 g/mol. The van der Waals surface area contributed by atoms with Crippen LogP contribution in [-0.2, 0) is 0 Å². The second-order valence-electron chi connectivity index (χ2n) is 2.98. The SMILES string of the molecule is COc1cccc(Nc2nnc(C)s2)c1. The monoisotopic (exact) mass is 221 g/mol. The van der Waals surface area contributed by atoms with Crippen LogP contribution in [0.15, 0.2) is 24.3 Å². The Morgan fingerprint density at radius 2 is 2.20 bits per heavy atom. The zero-order valence-electron chi connectivity index (χ0n) is 8.52. The van der Waals surface area contributed by atoms with Crippen molar-refractivity contribution in [1.82, 2.24) is 10.2 Å². The van der Waals surface area contributed by atoms with Crippen LogP contribution in [0.25, 0.3) is 0 Å². The van der Waals surface area contributed by atoms with E-state index in [0.717, 1.165) is 21.6 Å². The molecular formula is C10H11N3OS. The maximum atomic E-state index is 5.13. The summed E-state index contributed by atoms with van der Waals surface area (Å²) in [6, 6.07) is 7.70. The van der Waals surface area contributed by atoms with E-state index in [0.29, 0.717) is 0 Å². The standard InChI is InChI=1S/C10H11N3OS/c1-7-12-13-10(15-7)11-8-4-3-5-9(6-8)14-2/h3-6H,1-2H3,(H,11,13). The minimum atomic E-state index is 0.792. The number of nitrogens with zero attached hydrogens (tertiary/aromatic N) is 2. The third-order valence-electron chi connectivity index (χ3n) is 1.85. The van der Waals surface area contributed by atoms with Gasteiger partial charge in [0.25, 0.3) is 0 Å². The van der Waals surface area contributed by atoms with Crippen LogP contribution in [0.1, 0.15) is 5.01 Å². The highest BCUT2D eigenvalue weighted by molar-refractivity contribution is 7.15. The summed E-state index contributed by atoms with van der Waals surface area (Å²) in [5.74, 6) is 0.821. The third-order valence-corrected chi connectivity index (χ3v) is 2.60. The fraction of sp³-hybridized carbons (Fsp3) is 0.200. The Bertz CT molecular complexity index is 455. The number of aryl methyl sites for hydroxylation is 1. The number of aromatic nitrogens is 2. The lowest BCUT2D eigenvalue weighted by molar-refractivity contribution is 0.415. The predicted octanol–water partition coefficient (Wildman–Crippen LogP) is 2.60. The molecule has 0 spiro atoms. The van der Waals surface area contributed by atoms with Crippen LogP contribution >= 0.6 is 11.3 Å². The minimum absolute atomic E-state index is 0.792. The normalized spacial score (nSPS) is 10.0. The van der Waals surface area contributed by atoms with Crippen molar-refractivity contribution in [2.75, 3.05) is 12.4 Å². The van der Waals surface area contributed by atoms with Crippen LogP contribution in [0.3, 0.4) is 0 Å². The topological polar surface area (TPSA) is 47.0 Å². The lowest BCUT2D eigenvalue weighted by atomic mass is 10.3. The number of nitrogens with one attached hydrogen (secondary N) is 1. The molecule has 0 bridgehead atoms. The smallest absolute Gasteiger partial charge is 0.210 e. The van der Waals surface area contributed by atoms with E-state index >= 15 is 0 Å². The summed E-state index contributed by atoms with van der Waals surface area (Å²) in [5, 5.41) is 12.8. The summed E-state index contributed by atoms with van der Waals surface area (Å²) < 4.78 is 5.13. The highest BCUT2D eigenvalue weighted by Gasteiger charge is 2.01. The lowest BCUT2D eigenvalue weighted by Gasteiger charge is -2.04. The minimum Gasteiger partial charge on any atom is -0.497 e. The van der Waals surface area contributed by atoms with Gasteiger partial charge in [0, 0.05) is 11.8 Å². The van der Waals surface area contributed by atoms with Gasteiger partial charge in [-0.1, -0.05) is 17.4 Å². The fourth-order valence-electron chi connectivity index (χ4n) is 1.17. The van der Waals surface area contributed by atoms with Gasteiger partial charge in [0.05, 0.1) is 7.11 Å². The fourth-order valence-corrected chi connectivity index (χ4v) is 1.78. The first-order valence-corrected chi connectivity index (χ1v) is 5.31. The zero-order chi connectivity index (χ0) is 10.7. The van der Waals surface area contributed by atoms with Gasteiger partial charge in [-0.15, -0.1) is 10.2 Å². The molecule has 0 amide bonds. The van der Waals surface area contributed by atoms with Crippen LogP contribution < -0.4 is 10.1 Å². The number of rotatable bonds is 3. The molecule has 0 radical (unpaired) electrons. The summed E-state index contributed by atoms with van der Waals surface area (Å²) in [5.41, 5.74) is 0.950. The summed E-state index contributed by atoms with van der Waals surface area (Å²) in [6.07, 6.45) is 0. The molecule has 5 heteroatoms. The molecule has 0 aliphatic rings. The predicted molar refractivity (Wildman–Crippen MR) is 60.9 cm³/mol. The Labute approximate surface area is 91.9 Å². The van der Waals surface area contributed by atoms with E-state index in [4.69, 9.17) is 4.74 Å². The number of methoxy groups -OCH3 is 1. The zero-order valence-corrected chi connectivity index (χ0v) is 9.34.